The lowest BCUT2D eigenvalue weighted by Gasteiger charge is -2.07. The van der Waals surface area contributed by atoms with E-state index in [1.165, 1.54) is 13.4 Å². The highest BCUT2D eigenvalue weighted by atomic mass is 79.9. The van der Waals surface area contributed by atoms with Crippen molar-refractivity contribution in [2.45, 2.75) is 0 Å². The summed E-state index contributed by atoms with van der Waals surface area (Å²) in [5.41, 5.74) is 1.00. The van der Waals surface area contributed by atoms with Gasteiger partial charge < -0.3 is 14.5 Å². The first-order chi connectivity index (χ1) is 8.61. The van der Waals surface area contributed by atoms with E-state index in [4.69, 9.17) is 20.8 Å². The third-order valence-corrected chi connectivity index (χ3v) is 3.18. The molecule has 94 valence electrons. The van der Waals surface area contributed by atoms with E-state index < -0.39 is 0 Å². The Hall–Kier alpha value is -1.46. The number of hydrogen-bond acceptors (Lipinski definition) is 3. The summed E-state index contributed by atoms with van der Waals surface area (Å²) < 4.78 is 10.4. The number of ether oxygens (including phenoxy) is 1. The van der Waals surface area contributed by atoms with Crippen molar-refractivity contribution in [2.24, 2.45) is 0 Å². The Kier molecular flexibility index (Phi) is 3.93. The van der Waals surface area contributed by atoms with Gasteiger partial charge >= 0.3 is 0 Å². The predicted molar refractivity (Wildman–Crippen MR) is 72.4 cm³/mol. The highest BCUT2D eigenvalue weighted by molar-refractivity contribution is 9.10. The van der Waals surface area contributed by atoms with Crippen LogP contribution in [0.5, 0.6) is 5.75 Å². The average Bonchev–Trinajstić information content (AvgIpc) is 2.76. The standard InChI is InChI=1S/C12H9BrClNO3/c1-17-10-3-2-7(6-9(10)14)15-12(16)8-4-5-18-11(8)13/h2-6H,1H3,(H,15,16). The number of carbonyl (C=O) groups is 1. The van der Waals surface area contributed by atoms with E-state index in [9.17, 15) is 4.79 Å². The monoisotopic (exact) mass is 329 g/mol. The first-order valence-corrected chi connectivity index (χ1v) is 6.17. The summed E-state index contributed by atoms with van der Waals surface area (Å²) in [6.07, 6.45) is 1.43. The fourth-order valence-electron chi connectivity index (χ4n) is 1.40. The maximum atomic E-state index is 11.9. The van der Waals surface area contributed by atoms with E-state index in [0.29, 0.717) is 26.7 Å². The zero-order valence-electron chi connectivity index (χ0n) is 9.37. The van der Waals surface area contributed by atoms with Crippen molar-refractivity contribution in [3.63, 3.8) is 0 Å². The number of carbonyl (C=O) groups excluding carboxylic acids is 1. The molecule has 1 aromatic heterocycles. The van der Waals surface area contributed by atoms with Crippen LogP contribution in [0.1, 0.15) is 10.4 Å². The Labute approximate surface area is 117 Å². The van der Waals surface area contributed by atoms with Crippen LogP contribution in [0.25, 0.3) is 0 Å². The van der Waals surface area contributed by atoms with Gasteiger partial charge in [0.1, 0.15) is 5.75 Å². The van der Waals surface area contributed by atoms with Crippen LogP contribution in [0, 0.1) is 0 Å². The molecule has 0 spiro atoms. The summed E-state index contributed by atoms with van der Waals surface area (Å²) in [4.78, 5) is 11.9. The van der Waals surface area contributed by atoms with Crippen LogP contribution in [-0.2, 0) is 0 Å². The number of anilines is 1. The average molecular weight is 331 g/mol. The number of methoxy groups -OCH3 is 1. The van der Waals surface area contributed by atoms with Crippen LogP contribution >= 0.6 is 27.5 Å². The Balaban J connectivity index is 2.17. The van der Waals surface area contributed by atoms with Gasteiger partial charge in [-0.25, -0.2) is 0 Å². The molecule has 0 atom stereocenters. The second-order valence-electron chi connectivity index (χ2n) is 3.41. The number of rotatable bonds is 3. The van der Waals surface area contributed by atoms with Crippen molar-refractivity contribution in [1.29, 1.82) is 0 Å². The molecule has 1 N–H and O–H groups in total. The van der Waals surface area contributed by atoms with Crippen molar-refractivity contribution in [3.8, 4) is 5.75 Å². The van der Waals surface area contributed by atoms with Crippen LogP contribution in [0.2, 0.25) is 5.02 Å². The fraction of sp³-hybridized carbons (Fsp3) is 0.0833. The summed E-state index contributed by atoms with van der Waals surface area (Å²) in [6.45, 7) is 0. The number of amides is 1. The van der Waals surface area contributed by atoms with Crippen LogP contribution in [0.3, 0.4) is 0 Å². The van der Waals surface area contributed by atoms with Gasteiger partial charge in [0.05, 0.1) is 24.0 Å². The van der Waals surface area contributed by atoms with E-state index in [0.717, 1.165) is 0 Å². The van der Waals surface area contributed by atoms with Gasteiger partial charge in [0.2, 0.25) is 0 Å². The van der Waals surface area contributed by atoms with Crippen molar-refractivity contribution < 1.29 is 13.9 Å². The number of benzene rings is 1. The molecule has 0 radical (unpaired) electrons. The zero-order valence-corrected chi connectivity index (χ0v) is 11.7. The highest BCUT2D eigenvalue weighted by Gasteiger charge is 2.13. The van der Waals surface area contributed by atoms with Gasteiger partial charge in [-0.05, 0) is 40.2 Å². The molecule has 0 saturated heterocycles. The Morgan fingerprint density at radius 1 is 1.44 bits per heavy atom. The SMILES string of the molecule is COc1ccc(NC(=O)c2ccoc2Br)cc1Cl. The van der Waals surface area contributed by atoms with E-state index in [1.807, 2.05) is 0 Å². The smallest absolute Gasteiger partial charge is 0.260 e. The van der Waals surface area contributed by atoms with Crippen LogP contribution < -0.4 is 10.1 Å². The van der Waals surface area contributed by atoms with Crippen molar-refractivity contribution in [3.05, 3.63) is 45.8 Å². The largest absolute Gasteiger partial charge is 0.495 e. The topological polar surface area (TPSA) is 51.5 Å². The summed E-state index contributed by atoms with van der Waals surface area (Å²) >= 11 is 9.11. The molecular formula is C12H9BrClNO3. The van der Waals surface area contributed by atoms with Gasteiger partial charge in [-0.1, -0.05) is 11.6 Å². The first kappa shape index (κ1) is 13.0. The normalized spacial score (nSPS) is 10.2. The molecule has 18 heavy (non-hydrogen) atoms. The zero-order chi connectivity index (χ0) is 13.1. The minimum Gasteiger partial charge on any atom is -0.495 e. The molecule has 1 heterocycles. The third kappa shape index (κ3) is 2.68. The maximum Gasteiger partial charge on any atom is 0.260 e. The number of halogens is 2. The Morgan fingerprint density at radius 3 is 2.78 bits per heavy atom. The maximum absolute atomic E-state index is 11.9. The predicted octanol–water partition coefficient (Wildman–Crippen LogP) is 3.96. The third-order valence-electron chi connectivity index (χ3n) is 2.27. The van der Waals surface area contributed by atoms with Crippen LogP contribution in [0.4, 0.5) is 5.69 Å². The highest BCUT2D eigenvalue weighted by Crippen LogP contribution is 2.28. The molecule has 2 rings (SSSR count). The van der Waals surface area contributed by atoms with Gasteiger partial charge in [-0.3, -0.25) is 4.79 Å². The molecule has 1 aromatic carbocycles. The van der Waals surface area contributed by atoms with E-state index >= 15 is 0 Å². The second kappa shape index (κ2) is 5.46. The molecular weight excluding hydrogens is 321 g/mol. The van der Waals surface area contributed by atoms with Gasteiger partial charge in [0.15, 0.2) is 4.67 Å². The Morgan fingerprint density at radius 2 is 2.22 bits per heavy atom. The van der Waals surface area contributed by atoms with Crippen LogP contribution in [-0.4, -0.2) is 13.0 Å². The van der Waals surface area contributed by atoms with Crippen molar-refractivity contribution in [1.82, 2.24) is 0 Å². The summed E-state index contributed by atoms with van der Waals surface area (Å²) in [5, 5.41) is 3.14. The first-order valence-electron chi connectivity index (χ1n) is 4.99. The van der Waals surface area contributed by atoms with E-state index in [2.05, 4.69) is 21.2 Å². The molecule has 0 unspecified atom stereocenters. The van der Waals surface area contributed by atoms with E-state index in [-0.39, 0.29) is 5.91 Å². The molecule has 0 aliphatic rings. The minimum absolute atomic E-state index is 0.281. The molecule has 0 aliphatic heterocycles. The summed E-state index contributed by atoms with van der Waals surface area (Å²) in [6, 6.07) is 6.58. The molecule has 0 saturated carbocycles. The lowest BCUT2D eigenvalue weighted by Crippen LogP contribution is -2.11. The van der Waals surface area contributed by atoms with Gasteiger partial charge in [-0.15, -0.1) is 0 Å². The lowest BCUT2D eigenvalue weighted by atomic mass is 10.2. The molecule has 4 nitrogen and oxygen atoms in total. The van der Waals surface area contributed by atoms with Gasteiger partial charge in [0, 0.05) is 5.69 Å². The molecule has 1 amide bonds. The molecule has 0 fully saturated rings. The molecule has 0 bridgehead atoms. The molecule has 6 heteroatoms. The van der Waals surface area contributed by atoms with Gasteiger partial charge in [-0.2, -0.15) is 0 Å². The van der Waals surface area contributed by atoms with Gasteiger partial charge in [0.25, 0.3) is 5.91 Å². The quantitative estimate of drug-likeness (QED) is 0.927. The van der Waals surface area contributed by atoms with Crippen molar-refractivity contribution in [2.75, 3.05) is 12.4 Å². The Bertz CT molecular complexity index is 582. The molecule has 0 aliphatic carbocycles. The number of furan rings is 1. The lowest BCUT2D eigenvalue weighted by molar-refractivity contribution is 0.102. The van der Waals surface area contributed by atoms with E-state index in [1.54, 1.807) is 24.3 Å². The number of hydrogen-bond donors (Lipinski definition) is 1. The molecule has 2 aromatic rings. The summed E-state index contributed by atoms with van der Waals surface area (Å²) in [5.74, 6) is 0.274. The fourth-order valence-corrected chi connectivity index (χ4v) is 2.08. The minimum atomic E-state index is -0.281. The summed E-state index contributed by atoms with van der Waals surface area (Å²) in [7, 11) is 1.53. The second-order valence-corrected chi connectivity index (χ2v) is 4.54. The van der Waals surface area contributed by atoms with Crippen molar-refractivity contribution >= 4 is 39.1 Å². The van der Waals surface area contributed by atoms with Crippen LogP contribution in [0.15, 0.2) is 39.6 Å². The number of nitrogens with one attached hydrogen (secondary N) is 1.